The smallest absolute Gasteiger partial charge is 0.416 e. The molecule has 0 saturated heterocycles. The lowest BCUT2D eigenvalue weighted by molar-refractivity contribution is -0.137. The minimum atomic E-state index is -4.47. The highest BCUT2D eigenvalue weighted by atomic mass is 19.4. The van der Waals surface area contributed by atoms with E-state index in [0.717, 1.165) is 12.1 Å². The van der Waals surface area contributed by atoms with Gasteiger partial charge in [-0.3, -0.25) is 4.79 Å². The molecule has 3 aromatic rings. The molecular weight excluding hydrogens is 345 g/mol. The fraction of sp³-hybridized carbons (Fsp3) is 0.0526. The van der Waals surface area contributed by atoms with Gasteiger partial charge in [0.25, 0.3) is 5.91 Å². The second-order valence-corrected chi connectivity index (χ2v) is 5.35. The molecule has 3 rings (SSSR count). The summed E-state index contributed by atoms with van der Waals surface area (Å²) in [6.45, 7) is 0. The van der Waals surface area contributed by atoms with Gasteiger partial charge in [-0.15, -0.1) is 0 Å². The van der Waals surface area contributed by atoms with Crippen LogP contribution in [0.25, 0.3) is 11.3 Å². The van der Waals surface area contributed by atoms with Crippen molar-refractivity contribution in [2.45, 2.75) is 6.18 Å². The van der Waals surface area contributed by atoms with Gasteiger partial charge in [0.1, 0.15) is 11.8 Å². The second-order valence-electron chi connectivity index (χ2n) is 5.35. The average molecular weight is 356 g/mol. The van der Waals surface area contributed by atoms with Gasteiger partial charge in [0, 0.05) is 5.56 Å². The molecule has 0 fully saturated rings. The molecule has 4 nitrogen and oxygen atoms in total. The largest absolute Gasteiger partial charge is 0.451 e. The molecule has 0 spiro atoms. The molecule has 7 heteroatoms. The van der Waals surface area contributed by atoms with Gasteiger partial charge in [0.05, 0.1) is 16.8 Å². The monoisotopic (exact) mass is 356 g/mol. The Hall–Kier alpha value is -3.53. The van der Waals surface area contributed by atoms with Crippen molar-refractivity contribution in [3.8, 4) is 17.4 Å². The van der Waals surface area contributed by atoms with Crippen molar-refractivity contribution in [3.63, 3.8) is 0 Å². The number of para-hydroxylation sites is 1. The lowest BCUT2D eigenvalue weighted by Crippen LogP contribution is -2.11. The summed E-state index contributed by atoms with van der Waals surface area (Å²) in [5.74, 6) is -0.550. The van der Waals surface area contributed by atoms with Crippen LogP contribution >= 0.6 is 0 Å². The van der Waals surface area contributed by atoms with Crippen molar-refractivity contribution in [1.29, 1.82) is 5.26 Å². The van der Waals surface area contributed by atoms with E-state index in [4.69, 9.17) is 9.68 Å². The maximum Gasteiger partial charge on any atom is 0.416 e. The van der Waals surface area contributed by atoms with Gasteiger partial charge in [-0.2, -0.15) is 18.4 Å². The first kappa shape index (κ1) is 17.3. The molecule has 1 amide bonds. The molecule has 0 radical (unpaired) electrons. The number of carbonyl (C=O) groups excluding carboxylic acids is 1. The Morgan fingerprint density at radius 3 is 2.54 bits per heavy atom. The van der Waals surface area contributed by atoms with Crippen LogP contribution in [0.5, 0.6) is 0 Å². The van der Waals surface area contributed by atoms with Gasteiger partial charge < -0.3 is 9.73 Å². The number of hydrogen-bond acceptors (Lipinski definition) is 3. The Bertz CT molecular complexity index is 1000. The van der Waals surface area contributed by atoms with Crippen molar-refractivity contribution in [1.82, 2.24) is 0 Å². The van der Waals surface area contributed by atoms with Crippen LogP contribution < -0.4 is 5.32 Å². The normalized spacial score (nSPS) is 11.0. The number of halogens is 3. The Labute approximate surface area is 146 Å². The molecule has 0 aliphatic heterocycles. The SMILES string of the molecule is N#Cc1ccccc1NC(=O)c1ccc(-c2cccc(C(F)(F)F)c2)o1. The summed E-state index contributed by atoms with van der Waals surface area (Å²) >= 11 is 0. The van der Waals surface area contributed by atoms with Crippen molar-refractivity contribution in [3.05, 3.63) is 77.6 Å². The van der Waals surface area contributed by atoms with Crippen LogP contribution in [0.4, 0.5) is 18.9 Å². The Morgan fingerprint density at radius 2 is 1.81 bits per heavy atom. The number of nitrogens with one attached hydrogen (secondary N) is 1. The molecule has 0 atom stereocenters. The summed E-state index contributed by atoms with van der Waals surface area (Å²) in [4.78, 5) is 12.3. The molecule has 0 unspecified atom stereocenters. The van der Waals surface area contributed by atoms with Crippen LogP contribution in [0.3, 0.4) is 0 Å². The quantitative estimate of drug-likeness (QED) is 0.711. The number of nitriles is 1. The number of alkyl halides is 3. The number of anilines is 1. The fourth-order valence-electron chi connectivity index (χ4n) is 2.34. The average Bonchev–Trinajstić information content (AvgIpc) is 3.12. The van der Waals surface area contributed by atoms with Gasteiger partial charge in [0.2, 0.25) is 0 Å². The number of nitrogens with zero attached hydrogens (tertiary/aromatic N) is 1. The van der Waals surface area contributed by atoms with E-state index in [-0.39, 0.29) is 22.6 Å². The van der Waals surface area contributed by atoms with Gasteiger partial charge in [-0.25, -0.2) is 0 Å². The van der Waals surface area contributed by atoms with E-state index in [1.54, 1.807) is 24.3 Å². The third kappa shape index (κ3) is 3.59. The van der Waals surface area contributed by atoms with Crippen LogP contribution in [0.1, 0.15) is 21.7 Å². The first-order valence-corrected chi connectivity index (χ1v) is 7.46. The summed E-state index contributed by atoms with van der Waals surface area (Å²) in [6, 6.07) is 15.8. The third-order valence-electron chi connectivity index (χ3n) is 3.60. The van der Waals surface area contributed by atoms with E-state index >= 15 is 0 Å². The van der Waals surface area contributed by atoms with Crippen LogP contribution in [-0.4, -0.2) is 5.91 Å². The molecule has 2 aromatic carbocycles. The van der Waals surface area contributed by atoms with E-state index in [2.05, 4.69) is 5.32 Å². The first-order valence-electron chi connectivity index (χ1n) is 7.46. The molecule has 1 aromatic heterocycles. The maximum atomic E-state index is 12.8. The molecular formula is C19H11F3N2O2. The van der Waals surface area contributed by atoms with Gasteiger partial charge in [-0.05, 0) is 36.4 Å². The molecule has 0 aliphatic rings. The zero-order chi connectivity index (χ0) is 18.7. The van der Waals surface area contributed by atoms with Crippen LogP contribution in [0.2, 0.25) is 0 Å². The zero-order valence-corrected chi connectivity index (χ0v) is 13.2. The summed E-state index contributed by atoms with van der Waals surface area (Å²) in [5.41, 5.74) is -0.000763. The predicted molar refractivity (Wildman–Crippen MR) is 88.3 cm³/mol. The van der Waals surface area contributed by atoms with Crippen LogP contribution in [0.15, 0.2) is 65.1 Å². The highest BCUT2D eigenvalue weighted by Gasteiger charge is 2.30. The van der Waals surface area contributed by atoms with E-state index in [1.165, 1.54) is 24.3 Å². The molecule has 0 saturated carbocycles. The molecule has 1 N–H and O–H groups in total. The van der Waals surface area contributed by atoms with E-state index in [0.29, 0.717) is 5.69 Å². The van der Waals surface area contributed by atoms with E-state index in [1.807, 2.05) is 6.07 Å². The number of amides is 1. The lowest BCUT2D eigenvalue weighted by atomic mass is 10.1. The predicted octanol–water partition coefficient (Wildman–Crippen LogP) is 5.09. The molecule has 1 heterocycles. The lowest BCUT2D eigenvalue weighted by Gasteiger charge is -2.07. The van der Waals surface area contributed by atoms with Crippen molar-refractivity contribution in [2.24, 2.45) is 0 Å². The van der Waals surface area contributed by atoms with Crippen molar-refractivity contribution in [2.75, 3.05) is 5.32 Å². The zero-order valence-electron chi connectivity index (χ0n) is 13.2. The van der Waals surface area contributed by atoms with Crippen molar-refractivity contribution < 1.29 is 22.4 Å². The van der Waals surface area contributed by atoms with Crippen molar-refractivity contribution >= 4 is 11.6 Å². The number of carbonyl (C=O) groups is 1. The number of furan rings is 1. The molecule has 0 bridgehead atoms. The summed E-state index contributed by atoms with van der Waals surface area (Å²) in [6.07, 6.45) is -4.47. The standard InChI is InChI=1S/C19H11F3N2O2/c20-19(21,22)14-6-3-5-12(10-14)16-8-9-17(26-16)18(25)24-15-7-2-1-4-13(15)11-23/h1-10H,(H,24,25). The Kier molecular flexibility index (Phi) is 4.50. The van der Waals surface area contributed by atoms with E-state index in [9.17, 15) is 18.0 Å². The summed E-state index contributed by atoms with van der Waals surface area (Å²) < 4.78 is 43.8. The van der Waals surface area contributed by atoms with Gasteiger partial charge in [-0.1, -0.05) is 24.3 Å². The highest BCUT2D eigenvalue weighted by Crippen LogP contribution is 2.32. The number of hydrogen-bond donors (Lipinski definition) is 1. The minimum absolute atomic E-state index is 0.0786. The number of rotatable bonds is 3. The van der Waals surface area contributed by atoms with Gasteiger partial charge >= 0.3 is 6.18 Å². The minimum Gasteiger partial charge on any atom is -0.451 e. The molecule has 0 aliphatic carbocycles. The Balaban J connectivity index is 1.84. The van der Waals surface area contributed by atoms with Crippen LogP contribution in [0, 0.1) is 11.3 Å². The Morgan fingerprint density at radius 1 is 1.04 bits per heavy atom. The second kappa shape index (κ2) is 6.76. The maximum absolute atomic E-state index is 12.8. The topological polar surface area (TPSA) is 66.0 Å². The molecule has 130 valence electrons. The summed E-state index contributed by atoms with van der Waals surface area (Å²) in [5, 5.41) is 11.6. The molecule has 26 heavy (non-hydrogen) atoms. The van der Waals surface area contributed by atoms with Gasteiger partial charge in [0.15, 0.2) is 5.76 Å². The third-order valence-corrected chi connectivity index (χ3v) is 3.60. The fourth-order valence-corrected chi connectivity index (χ4v) is 2.34. The summed E-state index contributed by atoms with van der Waals surface area (Å²) in [7, 11) is 0. The van der Waals surface area contributed by atoms with E-state index < -0.39 is 17.6 Å². The van der Waals surface area contributed by atoms with Crippen LogP contribution in [-0.2, 0) is 6.18 Å². The first-order chi connectivity index (χ1) is 12.4. The highest BCUT2D eigenvalue weighted by molar-refractivity contribution is 6.03. The number of benzene rings is 2.